The summed E-state index contributed by atoms with van der Waals surface area (Å²) < 4.78 is 5.16. The first-order valence-corrected chi connectivity index (χ1v) is 7.43. The molecule has 0 bridgehead atoms. The topological polar surface area (TPSA) is 71.3 Å². The summed E-state index contributed by atoms with van der Waals surface area (Å²) in [7, 11) is 1.87. The third-order valence-corrected chi connectivity index (χ3v) is 4.16. The van der Waals surface area contributed by atoms with E-state index in [1.807, 2.05) is 24.9 Å². The Bertz CT molecular complexity index is 646. The molecule has 2 aromatic heterocycles. The number of piperidine rings is 1. The predicted octanol–water partition coefficient (Wildman–Crippen LogP) is 1.61. The maximum absolute atomic E-state index is 12.6. The van der Waals surface area contributed by atoms with Crippen molar-refractivity contribution < 1.29 is 9.32 Å². The van der Waals surface area contributed by atoms with Crippen LogP contribution in [0.5, 0.6) is 0 Å². The molecule has 3 rings (SSSR count). The Kier molecular flexibility index (Phi) is 3.88. The number of hydrogen-bond acceptors (Lipinski definition) is 5. The van der Waals surface area contributed by atoms with Crippen LogP contribution in [0.15, 0.2) is 16.8 Å². The van der Waals surface area contributed by atoms with Crippen molar-refractivity contribution in [3.05, 3.63) is 23.5 Å². The molecule has 1 aliphatic heterocycles. The van der Waals surface area contributed by atoms with Gasteiger partial charge < -0.3 is 14.7 Å². The van der Waals surface area contributed by atoms with Crippen LogP contribution >= 0.6 is 0 Å². The molecule has 112 valence electrons. The molecule has 3 heterocycles. The molecule has 1 N–H and O–H groups in total. The van der Waals surface area contributed by atoms with Gasteiger partial charge in [-0.05, 0) is 38.4 Å². The van der Waals surface area contributed by atoms with E-state index in [9.17, 15) is 4.79 Å². The van der Waals surface area contributed by atoms with Crippen molar-refractivity contribution in [3.63, 3.8) is 0 Å². The van der Waals surface area contributed by atoms with Gasteiger partial charge in [0.15, 0.2) is 0 Å². The quantitative estimate of drug-likeness (QED) is 0.929. The van der Waals surface area contributed by atoms with E-state index < -0.39 is 0 Å². The van der Waals surface area contributed by atoms with Crippen LogP contribution in [0.25, 0.3) is 11.1 Å². The van der Waals surface area contributed by atoms with E-state index in [2.05, 4.69) is 15.5 Å². The number of nitrogens with one attached hydrogen (secondary N) is 1. The van der Waals surface area contributed by atoms with Crippen molar-refractivity contribution in [2.24, 2.45) is 0 Å². The third kappa shape index (κ3) is 2.63. The van der Waals surface area contributed by atoms with Gasteiger partial charge in [-0.2, -0.15) is 0 Å². The van der Waals surface area contributed by atoms with Crippen LogP contribution in [-0.4, -0.2) is 47.1 Å². The standard InChI is InChI=1S/C15H20N4O2/c1-3-13-12-8-10(9-17-14(12)21-18-13)15(20)19(2)11-4-6-16-7-5-11/h8-9,11,16H,3-7H2,1-2H3. The highest BCUT2D eigenvalue weighted by Gasteiger charge is 2.23. The molecule has 0 spiro atoms. The Morgan fingerprint density at radius 3 is 2.95 bits per heavy atom. The summed E-state index contributed by atoms with van der Waals surface area (Å²) in [6, 6.07) is 2.14. The molecule has 0 aromatic carbocycles. The predicted molar refractivity (Wildman–Crippen MR) is 79.2 cm³/mol. The monoisotopic (exact) mass is 288 g/mol. The Morgan fingerprint density at radius 2 is 2.24 bits per heavy atom. The molecule has 21 heavy (non-hydrogen) atoms. The molecule has 0 saturated carbocycles. The first-order chi connectivity index (χ1) is 10.2. The second-order valence-electron chi connectivity index (χ2n) is 5.46. The molecule has 1 amide bonds. The molecule has 6 heteroatoms. The number of carbonyl (C=O) groups excluding carboxylic acids is 1. The van der Waals surface area contributed by atoms with Gasteiger partial charge >= 0.3 is 0 Å². The van der Waals surface area contributed by atoms with Crippen molar-refractivity contribution in [1.82, 2.24) is 20.4 Å². The maximum Gasteiger partial charge on any atom is 0.257 e. The van der Waals surface area contributed by atoms with Crippen molar-refractivity contribution in [1.29, 1.82) is 0 Å². The molecule has 6 nitrogen and oxygen atoms in total. The third-order valence-electron chi connectivity index (χ3n) is 4.16. The Morgan fingerprint density at radius 1 is 1.48 bits per heavy atom. The summed E-state index contributed by atoms with van der Waals surface area (Å²) in [4.78, 5) is 18.7. The van der Waals surface area contributed by atoms with E-state index in [0.717, 1.165) is 43.4 Å². The van der Waals surface area contributed by atoms with Crippen LogP contribution in [0.1, 0.15) is 35.8 Å². The van der Waals surface area contributed by atoms with Gasteiger partial charge in [-0.25, -0.2) is 4.98 Å². The Balaban J connectivity index is 1.86. The summed E-state index contributed by atoms with van der Waals surface area (Å²) in [6.07, 6.45) is 4.32. The number of pyridine rings is 1. The van der Waals surface area contributed by atoms with Gasteiger partial charge in [0.2, 0.25) is 0 Å². The van der Waals surface area contributed by atoms with Gasteiger partial charge in [0.25, 0.3) is 11.6 Å². The van der Waals surface area contributed by atoms with Crippen molar-refractivity contribution in [2.75, 3.05) is 20.1 Å². The van der Waals surface area contributed by atoms with E-state index in [1.165, 1.54) is 0 Å². The van der Waals surface area contributed by atoms with Crippen molar-refractivity contribution >= 4 is 17.0 Å². The summed E-state index contributed by atoms with van der Waals surface area (Å²) >= 11 is 0. The largest absolute Gasteiger partial charge is 0.339 e. The first kappa shape index (κ1) is 14.0. The molecule has 2 aromatic rings. The number of rotatable bonds is 3. The zero-order valence-corrected chi connectivity index (χ0v) is 12.4. The molecule has 0 atom stereocenters. The van der Waals surface area contributed by atoms with E-state index >= 15 is 0 Å². The number of aromatic nitrogens is 2. The second-order valence-corrected chi connectivity index (χ2v) is 5.46. The molecular weight excluding hydrogens is 268 g/mol. The van der Waals surface area contributed by atoms with Crippen LogP contribution in [0.2, 0.25) is 0 Å². The summed E-state index contributed by atoms with van der Waals surface area (Å²) in [5, 5.41) is 8.13. The van der Waals surface area contributed by atoms with E-state index in [-0.39, 0.29) is 5.91 Å². The smallest absolute Gasteiger partial charge is 0.257 e. The molecule has 1 aliphatic rings. The van der Waals surface area contributed by atoms with Crippen LogP contribution < -0.4 is 5.32 Å². The fourth-order valence-corrected chi connectivity index (χ4v) is 2.81. The number of nitrogens with zero attached hydrogens (tertiary/aromatic N) is 3. The normalized spacial score (nSPS) is 16.3. The van der Waals surface area contributed by atoms with Crippen LogP contribution in [0, 0.1) is 0 Å². The lowest BCUT2D eigenvalue weighted by atomic mass is 10.0. The Labute approximate surface area is 123 Å². The van der Waals surface area contributed by atoms with Gasteiger partial charge in [-0.3, -0.25) is 4.79 Å². The number of carbonyl (C=O) groups is 1. The van der Waals surface area contributed by atoms with Crippen LogP contribution in [0.4, 0.5) is 0 Å². The lowest BCUT2D eigenvalue weighted by Crippen LogP contribution is -2.43. The number of fused-ring (bicyclic) bond motifs is 1. The highest BCUT2D eigenvalue weighted by Crippen LogP contribution is 2.20. The molecule has 1 fully saturated rings. The van der Waals surface area contributed by atoms with E-state index in [0.29, 0.717) is 17.3 Å². The van der Waals surface area contributed by atoms with E-state index in [1.54, 1.807) is 6.20 Å². The minimum Gasteiger partial charge on any atom is -0.339 e. The lowest BCUT2D eigenvalue weighted by molar-refractivity contribution is 0.0703. The van der Waals surface area contributed by atoms with Gasteiger partial charge in [0.1, 0.15) is 0 Å². The van der Waals surface area contributed by atoms with Gasteiger partial charge in [-0.15, -0.1) is 0 Å². The van der Waals surface area contributed by atoms with Gasteiger partial charge in [0, 0.05) is 19.3 Å². The molecular formula is C15H20N4O2. The van der Waals surface area contributed by atoms with Crippen molar-refractivity contribution in [2.45, 2.75) is 32.2 Å². The van der Waals surface area contributed by atoms with Gasteiger partial charge in [0.05, 0.1) is 16.6 Å². The zero-order chi connectivity index (χ0) is 14.8. The fourth-order valence-electron chi connectivity index (χ4n) is 2.81. The maximum atomic E-state index is 12.6. The molecule has 0 radical (unpaired) electrons. The van der Waals surface area contributed by atoms with Crippen LogP contribution in [-0.2, 0) is 6.42 Å². The number of amides is 1. The average molecular weight is 288 g/mol. The highest BCUT2D eigenvalue weighted by molar-refractivity contribution is 5.97. The summed E-state index contributed by atoms with van der Waals surface area (Å²) in [5.41, 5.74) is 1.94. The molecule has 0 unspecified atom stereocenters. The molecule has 1 saturated heterocycles. The number of hydrogen-bond donors (Lipinski definition) is 1. The van der Waals surface area contributed by atoms with Crippen LogP contribution in [0.3, 0.4) is 0 Å². The van der Waals surface area contributed by atoms with Crippen molar-refractivity contribution in [3.8, 4) is 0 Å². The highest BCUT2D eigenvalue weighted by atomic mass is 16.5. The minimum atomic E-state index is 0.0135. The zero-order valence-electron chi connectivity index (χ0n) is 12.4. The number of aryl methyl sites for hydroxylation is 1. The summed E-state index contributed by atoms with van der Waals surface area (Å²) in [5.74, 6) is 0.0135. The minimum absolute atomic E-state index is 0.0135. The lowest BCUT2D eigenvalue weighted by Gasteiger charge is -2.31. The fraction of sp³-hybridized carbons (Fsp3) is 0.533. The van der Waals surface area contributed by atoms with E-state index in [4.69, 9.17) is 4.52 Å². The first-order valence-electron chi connectivity index (χ1n) is 7.43. The average Bonchev–Trinajstić information content (AvgIpc) is 2.96. The second kappa shape index (κ2) is 5.81. The SMILES string of the molecule is CCc1noc2ncc(C(=O)N(C)C3CCNCC3)cc12. The Hall–Kier alpha value is -1.95. The molecule has 0 aliphatic carbocycles. The summed E-state index contributed by atoms with van der Waals surface area (Å²) in [6.45, 7) is 3.93. The van der Waals surface area contributed by atoms with Gasteiger partial charge in [-0.1, -0.05) is 12.1 Å².